The standard InChI is InChI=1S/C11H16BrF2NO2/c1-2-15-9(4-5-16-7-10(13)14)11-8(12)3-6-17-11/h3,6,9-10,15H,2,4-5,7H2,1H3. The normalized spacial score (nSPS) is 13.2. The Balaban J connectivity index is 2.41. The minimum atomic E-state index is -2.41. The molecule has 0 amide bonds. The van der Waals surface area contributed by atoms with Crippen molar-refractivity contribution >= 4 is 15.9 Å². The Labute approximate surface area is 108 Å². The van der Waals surface area contributed by atoms with E-state index in [1.165, 1.54) is 0 Å². The molecule has 6 heteroatoms. The summed E-state index contributed by atoms with van der Waals surface area (Å²) in [5, 5.41) is 3.22. The van der Waals surface area contributed by atoms with Gasteiger partial charge in [0.2, 0.25) is 0 Å². The van der Waals surface area contributed by atoms with Crippen molar-refractivity contribution in [3.63, 3.8) is 0 Å². The van der Waals surface area contributed by atoms with Gasteiger partial charge < -0.3 is 14.5 Å². The molecule has 0 spiro atoms. The smallest absolute Gasteiger partial charge is 0.261 e. The highest BCUT2D eigenvalue weighted by Gasteiger charge is 2.17. The molecule has 98 valence electrons. The zero-order valence-corrected chi connectivity index (χ0v) is 11.2. The molecule has 0 aliphatic carbocycles. The van der Waals surface area contributed by atoms with Gasteiger partial charge in [-0.05, 0) is 35.0 Å². The number of furan rings is 1. The zero-order chi connectivity index (χ0) is 12.7. The highest BCUT2D eigenvalue weighted by atomic mass is 79.9. The first-order valence-electron chi connectivity index (χ1n) is 5.47. The predicted molar refractivity (Wildman–Crippen MR) is 64.3 cm³/mol. The Hall–Kier alpha value is -0.460. The molecule has 1 N–H and O–H groups in total. The Kier molecular flexibility index (Phi) is 6.69. The first kappa shape index (κ1) is 14.6. The van der Waals surface area contributed by atoms with E-state index in [1.807, 2.05) is 6.92 Å². The van der Waals surface area contributed by atoms with Crippen LogP contribution in [0, 0.1) is 0 Å². The number of hydrogen-bond donors (Lipinski definition) is 1. The highest BCUT2D eigenvalue weighted by Crippen LogP contribution is 2.26. The fraction of sp³-hybridized carbons (Fsp3) is 0.636. The van der Waals surface area contributed by atoms with Gasteiger partial charge in [-0.3, -0.25) is 0 Å². The molecule has 1 atom stereocenters. The lowest BCUT2D eigenvalue weighted by Crippen LogP contribution is -2.22. The summed E-state index contributed by atoms with van der Waals surface area (Å²) in [4.78, 5) is 0. The largest absolute Gasteiger partial charge is 0.466 e. The summed E-state index contributed by atoms with van der Waals surface area (Å²) in [5.74, 6) is 0.771. The minimum absolute atomic E-state index is 0.0259. The number of alkyl halides is 2. The Morgan fingerprint density at radius 1 is 1.53 bits per heavy atom. The summed E-state index contributed by atoms with van der Waals surface area (Å²) >= 11 is 3.37. The summed E-state index contributed by atoms with van der Waals surface area (Å²) in [6, 6.07) is 1.78. The van der Waals surface area contributed by atoms with Gasteiger partial charge in [-0.15, -0.1) is 0 Å². The number of nitrogens with one attached hydrogen (secondary N) is 1. The van der Waals surface area contributed by atoms with Crippen molar-refractivity contribution in [3.05, 3.63) is 22.6 Å². The second-order valence-corrected chi connectivity index (χ2v) is 4.35. The monoisotopic (exact) mass is 311 g/mol. The van der Waals surface area contributed by atoms with E-state index in [0.717, 1.165) is 16.8 Å². The van der Waals surface area contributed by atoms with Crippen LogP contribution in [0.15, 0.2) is 21.2 Å². The summed E-state index contributed by atoms with van der Waals surface area (Å²) in [6.45, 7) is 2.50. The van der Waals surface area contributed by atoms with Crippen molar-refractivity contribution in [1.82, 2.24) is 5.32 Å². The number of halogens is 3. The lowest BCUT2D eigenvalue weighted by molar-refractivity contribution is 0.0139. The molecule has 0 aromatic carbocycles. The molecule has 0 bridgehead atoms. The molecule has 1 aromatic rings. The first-order chi connectivity index (χ1) is 8.15. The molecule has 0 fully saturated rings. The van der Waals surface area contributed by atoms with Gasteiger partial charge in [0.25, 0.3) is 6.43 Å². The maximum atomic E-state index is 11.9. The first-order valence-corrected chi connectivity index (χ1v) is 6.26. The van der Waals surface area contributed by atoms with Crippen molar-refractivity contribution in [2.75, 3.05) is 19.8 Å². The maximum Gasteiger partial charge on any atom is 0.261 e. The van der Waals surface area contributed by atoms with Crippen LogP contribution >= 0.6 is 15.9 Å². The van der Waals surface area contributed by atoms with Crippen LogP contribution in [0.1, 0.15) is 25.1 Å². The summed E-state index contributed by atoms with van der Waals surface area (Å²) in [7, 11) is 0. The van der Waals surface area contributed by atoms with Crippen LogP contribution in [-0.2, 0) is 4.74 Å². The predicted octanol–water partition coefficient (Wildman–Crippen LogP) is 3.36. The summed E-state index contributed by atoms with van der Waals surface area (Å²) < 4.78 is 34.8. The molecule has 0 saturated carbocycles. The van der Waals surface area contributed by atoms with Crippen LogP contribution in [0.25, 0.3) is 0 Å². The van der Waals surface area contributed by atoms with Crippen LogP contribution in [0.5, 0.6) is 0 Å². The van der Waals surface area contributed by atoms with E-state index >= 15 is 0 Å². The van der Waals surface area contributed by atoms with E-state index < -0.39 is 13.0 Å². The Morgan fingerprint density at radius 2 is 2.29 bits per heavy atom. The molecule has 0 aliphatic rings. The fourth-order valence-electron chi connectivity index (χ4n) is 1.50. The Bertz CT molecular complexity index is 320. The molecule has 1 heterocycles. The molecular formula is C11H16BrF2NO2. The van der Waals surface area contributed by atoms with E-state index in [4.69, 9.17) is 9.15 Å². The van der Waals surface area contributed by atoms with Crippen LogP contribution in [0.4, 0.5) is 8.78 Å². The van der Waals surface area contributed by atoms with E-state index in [-0.39, 0.29) is 12.6 Å². The molecule has 0 aliphatic heterocycles. The van der Waals surface area contributed by atoms with E-state index in [0.29, 0.717) is 6.42 Å². The number of ether oxygens (including phenoxy) is 1. The third kappa shape index (κ3) is 5.14. The van der Waals surface area contributed by atoms with E-state index in [2.05, 4.69) is 21.2 Å². The van der Waals surface area contributed by atoms with E-state index in [9.17, 15) is 8.78 Å². The maximum absolute atomic E-state index is 11.9. The average molecular weight is 312 g/mol. The molecule has 17 heavy (non-hydrogen) atoms. The van der Waals surface area contributed by atoms with Gasteiger partial charge in [0, 0.05) is 6.61 Å². The molecule has 0 radical (unpaired) electrons. The van der Waals surface area contributed by atoms with Crippen LogP contribution in [-0.4, -0.2) is 26.2 Å². The Morgan fingerprint density at radius 3 is 2.82 bits per heavy atom. The molecule has 1 unspecified atom stereocenters. The van der Waals surface area contributed by atoms with Crippen molar-refractivity contribution in [1.29, 1.82) is 0 Å². The lowest BCUT2D eigenvalue weighted by atomic mass is 10.1. The zero-order valence-electron chi connectivity index (χ0n) is 9.59. The van der Waals surface area contributed by atoms with Gasteiger partial charge >= 0.3 is 0 Å². The lowest BCUT2D eigenvalue weighted by Gasteiger charge is -2.16. The van der Waals surface area contributed by atoms with Crippen molar-refractivity contribution in [2.45, 2.75) is 25.8 Å². The van der Waals surface area contributed by atoms with Gasteiger partial charge in [0.05, 0.1) is 16.8 Å². The van der Waals surface area contributed by atoms with E-state index in [1.54, 1.807) is 12.3 Å². The SMILES string of the molecule is CCNC(CCOCC(F)F)c1occc1Br. The van der Waals surface area contributed by atoms with Crippen LogP contribution < -0.4 is 5.32 Å². The number of hydrogen-bond acceptors (Lipinski definition) is 3. The summed E-state index contributed by atoms with van der Waals surface area (Å²) in [5.41, 5.74) is 0. The van der Waals surface area contributed by atoms with Gasteiger partial charge in [-0.25, -0.2) is 8.78 Å². The van der Waals surface area contributed by atoms with Crippen molar-refractivity contribution in [2.24, 2.45) is 0 Å². The minimum Gasteiger partial charge on any atom is -0.466 e. The van der Waals surface area contributed by atoms with Gasteiger partial charge in [0.15, 0.2) is 0 Å². The quantitative estimate of drug-likeness (QED) is 0.748. The van der Waals surface area contributed by atoms with Crippen molar-refractivity contribution < 1.29 is 17.9 Å². The topological polar surface area (TPSA) is 34.4 Å². The molecule has 3 nitrogen and oxygen atoms in total. The highest BCUT2D eigenvalue weighted by molar-refractivity contribution is 9.10. The third-order valence-corrected chi connectivity index (χ3v) is 2.86. The van der Waals surface area contributed by atoms with Gasteiger partial charge in [0.1, 0.15) is 12.4 Å². The van der Waals surface area contributed by atoms with Gasteiger partial charge in [-0.1, -0.05) is 6.92 Å². The summed E-state index contributed by atoms with van der Waals surface area (Å²) in [6.07, 6.45) is -0.237. The fourth-order valence-corrected chi connectivity index (χ4v) is 1.98. The third-order valence-electron chi connectivity index (χ3n) is 2.21. The second kappa shape index (κ2) is 7.79. The number of rotatable bonds is 8. The average Bonchev–Trinajstić information content (AvgIpc) is 2.69. The van der Waals surface area contributed by atoms with Crippen molar-refractivity contribution in [3.8, 4) is 0 Å². The van der Waals surface area contributed by atoms with Gasteiger partial charge in [-0.2, -0.15) is 0 Å². The molecule has 1 aromatic heterocycles. The second-order valence-electron chi connectivity index (χ2n) is 3.50. The molecule has 1 rings (SSSR count). The molecular weight excluding hydrogens is 296 g/mol. The molecule has 0 saturated heterocycles. The van der Waals surface area contributed by atoms with Crippen LogP contribution in [0.3, 0.4) is 0 Å². The van der Waals surface area contributed by atoms with Crippen LogP contribution in [0.2, 0.25) is 0 Å².